The van der Waals surface area contributed by atoms with Crippen molar-refractivity contribution in [1.82, 2.24) is 14.9 Å². The Morgan fingerprint density at radius 1 is 1.45 bits per heavy atom. The number of aromatic nitrogens is 2. The van der Waals surface area contributed by atoms with E-state index in [9.17, 15) is 36.9 Å². The standard InChI is InChI=1S/C8H7F5N4O3/c1-4(18)15-5(7(9,10)8(11,12)13)16-3-2-14-6(16)17(19)20/h2-3,5H,1H3,(H,15,18). The number of hydrogen-bond donors (Lipinski definition) is 1. The number of imidazole rings is 1. The number of nitro groups is 1. The molecule has 1 aromatic heterocycles. The molecule has 0 radical (unpaired) electrons. The molecule has 0 bridgehead atoms. The van der Waals surface area contributed by atoms with Crippen molar-refractivity contribution in [2.75, 3.05) is 0 Å². The Morgan fingerprint density at radius 2 is 2.00 bits per heavy atom. The summed E-state index contributed by atoms with van der Waals surface area (Å²) in [6.07, 6.45) is -7.82. The van der Waals surface area contributed by atoms with Crippen LogP contribution in [0, 0.1) is 10.1 Å². The first-order valence-electron chi connectivity index (χ1n) is 4.87. The maximum Gasteiger partial charge on any atom is 0.459 e. The van der Waals surface area contributed by atoms with Crippen LogP contribution in [-0.2, 0) is 4.79 Å². The monoisotopic (exact) mass is 302 g/mol. The Morgan fingerprint density at radius 3 is 2.40 bits per heavy atom. The van der Waals surface area contributed by atoms with Crippen molar-refractivity contribution < 1.29 is 31.7 Å². The maximum absolute atomic E-state index is 13.4. The first kappa shape index (κ1) is 15.8. The van der Waals surface area contributed by atoms with Crippen LogP contribution in [0.1, 0.15) is 13.1 Å². The van der Waals surface area contributed by atoms with Crippen molar-refractivity contribution in [2.45, 2.75) is 25.2 Å². The minimum Gasteiger partial charge on any atom is -0.390 e. The van der Waals surface area contributed by atoms with E-state index in [0.717, 1.165) is 0 Å². The fraction of sp³-hybridized carbons (Fsp3) is 0.500. The lowest BCUT2D eigenvalue weighted by Crippen LogP contribution is -2.51. The molecule has 0 aliphatic rings. The Kier molecular flexibility index (Phi) is 3.96. The molecule has 0 aromatic carbocycles. The molecule has 0 saturated heterocycles. The molecule has 1 heterocycles. The highest BCUT2D eigenvalue weighted by molar-refractivity contribution is 5.73. The lowest BCUT2D eigenvalue weighted by atomic mass is 10.2. The summed E-state index contributed by atoms with van der Waals surface area (Å²) in [6, 6.07) is 0. The molecule has 7 nitrogen and oxygen atoms in total. The van der Waals surface area contributed by atoms with Crippen LogP contribution in [-0.4, -0.2) is 32.5 Å². The molecule has 1 rings (SSSR count). The smallest absolute Gasteiger partial charge is 0.390 e. The molecule has 1 aromatic rings. The van der Waals surface area contributed by atoms with Crippen molar-refractivity contribution in [2.24, 2.45) is 0 Å². The second-order valence-corrected chi connectivity index (χ2v) is 3.62. The van der Waals surface area contributed by atoms with Crippen LogP contribution in [0.4, 0.5) is 27.9 Å². The summed E-state index contributed by atoms with van der Waals surface area (Å²) in [5, 5.41) is 11.9. The number of carbonyl (C=O) groups is 1. The molecule has 0 spiro atoms. The predicted molar refractivity (Wildman–Crippen MR) is 52.7 cm³/mol. The van der Waals surface area contributed by atoms with Gasteiger partial charge in [-0.2, -0.15) is 22.0 Å². The number of alkyl halides is 5. The van der Waals surface area contributed by atoms with E-state index in [0.29, 0.717) is 19.3 Å². The molecule has 0 aliphatic carbocycles. The van der Waals surface area contributed by atoms with Gasteiger partial charge in [-0.3, -0.25) is 4.79 Å². The lowest BCUT2D eigenvalue weighted by Gasteiger charge is -2.27. The Labute approximate surface area is 107 Å². The van der Waals surface area contributed by atoms with E-state index in [4.69, 9.17) is 0 Å². The van der Waals surface area contributed by atoms with Crippen molar-refractivity contribution in [3.05, 3.63) is 22.5 Å². The largest absolute Gasteiger partial charge is 0.459 e. The van der Waals surface area contributed by atoms with Gasteiger partial charge in [-0.25, -0.2) is 4.57 Å². The van der Waals surface area contributed by atoms with E-state index in [2.05, 4.69) is 4.98 Å². The lowest BCUT2D eigenvalue weighted by molar-refractivity contribution is -0.399. The zero-order chi connectivity index (χ0) is 15.7. The zero-order valence-corrected chi connectivity index (χ0v) is 9.69. The summed E-state index contributed by atoms with van der Waals surface area (Å²) in [7, 11) is 0. The van der Waals surface area contributed by atoms with E-state index in [1.54, 1.807) is 0 Å². The van der Waals surface area contributed by atoms with Crippen LogP contribution >= 0.6 is 0 Å². The second kappa shape index (κ2) is 5.02. The number of hydrogen-bond acceptors (Lipinski definition) is 4. The number of nitrogens with zero attached hydrogens (tertiary/aromatic N) is 3. The van der Waals surface area contributed by atoms with E-state index in [1.807, 2.05) is 0 Å². The van der Waals surface area contributed by atoms with Gasteiger partial charge >= 0.3 is 18.0 Å². The van der Waals surface area contributed by atoms with Gasteiger partial charge in [0, 0.05) is 6.92 Å². The zero-order valence-electron chi connectivity index (χ0n) is 9.69. The van der Waals surface area contributed by atoms with Gasteiger partial charge in [-0.1, -0.05) is 4.98 Å². The van der Waals surface area contributed by atoms with E-state index < -0.39 is 35.0 Å². The highest BCUT2D eigenvalue weighted by Gasteiger charge is 2.65. The minimum atomic E-state index is -6.02. The molecule has 0 aliphatic heterocycles. The maximum atomic E-state index is 13.4. The quantitative estimate of drug-likeness (QED) is 0.520. The molecular formula is C8H7F5N4O3. The first-order valence-corrected chi connectivity index (χ1v) is 4.87. The SMILES string of the molecule is CC(=O)NC(n1ccnc1[N+](=O)[O-])C(F)(F)C(F)(F)F. The van der Waals surface area contributed by atoms with Crippen molar-refractivity contribution >= 4 is 11.9 Å². The summed E-state index contributed by atoms with van der Waals surface area (Å²) in [4.78, 5) is 23.1. The van der Waals surface area contributed by atoms with Crippen LogP contribution in [0.2, 0.25) is 0 Å². The molecule has 20 heavy (non-hydrogen) atoms. The molecule has 1 unspecified atom stereocenters. The van der Waals surface area contributed by atoms with E-state index in [1.165, 1.54) is 5.32 Å². The highest BCUT2D eigenvalue weighted by atomic mass is 19.4. The summed E-state index contributed by atoms with van der Waals surface area (Å²) in [6.45, 7) is 0.697. The molecule has 1 amide bonds. The minimum absolute atomic E-state index is 0.0606. The van der Waals surface area contributed by atoms with Crippen LogP contribution in [0.25, 0.3) is 0 Å². The normalized spacial score (nSPS) is 13.9. The summed E-state index contributed by atoms with van der Waals surface area (Å²) in [5.41, 5.74) is 0. The van der Waals surface area contributed by atoms with Gasteiger partial charge in [0.25, 0.3) is 0 Å². The summed E-state index contributed by atoms with van der Waals surface area (Å²) >= 11 is 0. The molecule has 1 N–H and O–H groups in total. The van der Waals surface area contributed by atoms with Crippen molar-refractivity contribution in [1.29, 1.82) is 0 Å². The number of nitrogens with one attached hydrogen (secondary N) is 1. The fourth-order valence-electron chi connectivity index (χ4n) is 1.33. The van der Waals surface area contributed by atoms with Gasteiger partial charge in [-0.15, -0.1) is 0 Å². The number of carbonyl (C=O) groups excluding carboxylic acids is 1. The molecule has 0 saturated carbocycles. The van der Waals surface area contributed by atoms with Crippen molar-refractivity contribution in [3.63, 3.8) is 0 Å². The third-order valence-electron chi connectivity index (χ3n) is 2.15. The van der Waals surface area contributed by atoms with Gasteiger partial charge in [0.1, 0.15) is 12.4 Å². The molecule has 112 valence electrons. The second-order valence-electron chi connectivity index (χ2n) is 3.62. The summed E-state index contributed by atoms with van der Waals surface area (Å²) < 4.78 is 63.7. The molecule has 0 fully saturated rings. The van der Waals surface area contributed by atoms with Gasteiger partial charge in [0.2, 0.25) is 12.1 Å². The van der Waals surface area contributed by atoms with Gasteiger partial charge in [-0.05, 0) is 4.92 Å². The molecule has 12 heteroatoms. The van der Waals surface area contributed by atoms with Crippen LogP contribution in [0.5, 0.6) is 0 Å². The van der Waals surface area contributed by atoms with E-state index >= 15 is 0 Å². The van der Waals surface area contributed by atoms with Crippen LogP contribution in [0.15, 0.2) is 12.4 Å². The number of halogens is 5. The average Bonchev–Trinajstić information content (AvgIpc) is 2.72. The van der Waals surface area contributed by atoms with E-state index in [-0.39, 0.29) is 4.57 Å². The Hall–Kier alpha value is -2.27. The Bertz CT molecular complexity index is 526. The molecular weight excluding hydrogens is 295 g/mol. The first-order chi connectivity index (χ1) is 8.98. The van der Waals surface area contributed by atoms with Crippen LogP contribution in [0.3, 0.4) is 0 Å². The third kappa shape index (κ3) is 2.83. The fourth-order valence-corrected chi connectivity index (χ4v) is 1.33. The average molecular weight is 302 g/mol. The number of rotatable bonds is 4. The van der Waals surface area contributed by atoms with Crippen molar-refractivity contribution in [3.8, 4) is 0 Å². The third-order valence-corrected chi connectivity index (χ3v) is 2.15. The molecule has 1 atom stereocenters. The van der Waals surface area contributed by atoms with Gasteiger partial charge < -0.3 is 15.4 Å². The van der Waals surface area contributed by atoms with Crippen LogP contribution < -0.4 is 5.32 Å². The topological polar surface area (TPSA) is 90.1 Å². The number of amides is 1. The predicted octanol–water partition coefficient (Wildman–Crippen LogP) is 1.62. The van der Waals surface area contributed by atoms with Gasteiger partial charge in [0.15, 0.2) is 0 Å². The summed E-state index contributed by atoms with van der Waals surface area (Å²) in [5.74, 6) is -7.90. The Balaban J connectivity index is 3.37. The highest BCUT2D eigenvalue weighted by Crippen LogP contribution is 2.43. The van der Waals surface area contributed by atoms with Gasteiger partial charge in [0.05, 0.1) is 0 Å².